The highest BCUT2D eigenvalue weighted by atomic mass is 32.1. The summed E-state index contributed by atoms with van der Waals surface area (Å²) >= 11 is 1.86. The summed E-state index contributed by atoms with van der Waals surface area (Å²) in [6.45, 7) is 0. The van der Waals surface area contributed by atoms with Crippen LogP contribution in [0.3, 0.4) is 0 Å². The maximum atomic E-state index is 5.18. The van der Waals surface area contributed by atoms with Crippen molar-refractivity contribution in [1.29, 1.82) is 0 Å². The molecule has 20 aromatic rings. The lowest BCUT2D eigenvalue weighted by atomic mass is 9.98. The second kappa shape index (κ2) is 24.5. The van der Waals surface area contributed by atoms with Crippen LogP contribution in [0.2, 0.25) is 0 Å². The van der Waals surface area contributed by atoms with E-state index in [0.29, 0.717) is 11.9 Å². The minimum absolute atomic E-state index is 0.656. The standard InChI is InChI=1S/C46H30N4.C46H29N3S/c1-3-11-31(12-4-1)32-19-21-33(22-20-32)41-27-28-47-46(48-41)50-43-18-10-8-16-38(43)40-30-35(24-26-45(40)50)34-23-25-44-39(29-34)37-15-7-9-17-42(37)49(44)36-13-5-2-6-14-36;1-2-10-30(11-3-1)33-12-8-13-34(28-33)31-20-22-32(23-21-31)41-26-27-47-46(48-41)49-42-18-6-4-14-37(42)38-25-24-35(29-43(38)49)36-16-9-17-40-39-15-5-7-19-44(39)50-45(36)40/h1-30H;1-29H. The van der Waals surface area contributed by atoms with Crippen molar-refractivity contribution in [2.45, 2.75) is 0 Å². The maximum Gasteiger partial charge on any atom is 0.235 e. The molecule has 100 heavy (non-hydrogen) atoms. The maximum absolute atomic E-state index is 5.18. The third-order valence-corrected chi connectivity index (χ3v) is 20.8. The molecule has 0 atom stereocenters. The number of thiophene rings is 1. The van der Waals surface area contributed by atoms with Crippen molar-refractivity contribution < 1.29 is 0 Å². The van der Waals surface area contributed by atoms with Crippen LogP contribution in [0.25, 0.3) is 181 Å². The summed E-state index contributed by atoms with van der Waals surface area (Å²) < 4.78 is 9.38. The molecule has 6 aromatic heterocycles. The van der Waals surface area contributed by atoms with Gasteiger partial charge < -0.3 is 4.57 Å². The zero-order valence-electron chi connectivity index (χ0n) is 54.1. The third kappa shape index (κ3) is 10.2. The lowest BCUT2D eigenvalue weighted by Gasteiger charge is -2.10. The molecule has 0 saturated carbocycles. The molecule has 0 spiro atoms. The van der Waals surface area contributed by atoms with Crippen LogP contribution in [-0.2, 0) is 0 Å². The van der Waals surface area contributed by atoms with E-state index in [1.807, 2.05) is 41.9 Å². The number of hydrogen-bond donors (Lipinski definition) is 0. The van der Waals surface area contributed by atoms with E-state index in [1.54, 1.807) is 0 Å². The molecule has 0 N–H and O–H groups in total. The molecule has 7 nitrogen and oxygen atoms in total. The van der Waals surface area contributed by atoms with Gasteiger partial charge in [0.15, 0.2) is 0 Å². The van der Waals surface area contributed by atoms with Gasteiger partial charge in [0.1, 0.15) is 0 Å². The molecule has 0 aliphatic rings. The number of aromatic nitrogens is 7. The largest absolute Gasteiger partial charge is 0.309 e. The Bertz CT molecular complexity index is 6510. The number of nitrogens with zero attached hydrogens (tertiary/aromatic N) is 7. The minimum Gasteiger partial charge on any atom is -0.309 e. The van der Waals surface area contributed by atoms with Crippen molar-refractivity contribution in [1.82, 2.24) is 33.6 Å². The molecule has 0 fully saturated rings. The molecule has 0 unspecified atom stereocenters. The van der Waals surface area contributed by atoms with E-state index in [0.717, 1.165) is 50.3 Å². The van der Waals surface area contributed by atoms with Crippen LogP contribution in [0, 0.1) is 0 Å². The first-order chi connectivity index (χ1) is 49.6. The van der Waals surface area contributed by atoms with E-state index in [-0.39, 0.29) is 0 Å². The fraction of sp³-hybridized carbons (Fsp3) is 0. The highest BCUT2D eigenvalue weighted by Crippen LogP contribution is 2.43. The average Bonchev–Trinajstić information content (AvgIpc) is 1.59. The van der Waals surface area contributed by atoms with E-state index in [2.05, 4.69) is 341 Å². The second-order valence-corrected chi connectivity index (χ2v) is 26.4. The van der Waals surface area contributed by atoms with Gasteiger partial charge in [0.25, 0.3) is 0 Å². The summed E-state index contributed by atoms with van der Waals surface area (Å²) in [7, 11) is 0. The number of para-hydroxylation sites is 4. The van der Waals surface area contributed by atoms with E-state index < -0.39 is 0 Å². The fourth-order valence-electron chi connectivity index (χ4n) is 14.7. The summed E-state index contributed by atoms with van der Waals surface area (Å²) in [6.07, 6.45) is 3.73. The average molecular weight is 1290 g/mol. The fourth-order valence-corrected chi connectivity index (χ4v) is 16.0. The third-order valence-electron chi connectivity index (χ3n) is 19.5. The Hall–Kier alpha value is -13.1. The highest BCUT2D eigenvalue weighted by molar-refractivity contribution is 7.26. The van der Waals surface area contributed by atoms with E-state index in [4.69, 9.17) is 19.9 Å². The van der Waals surface area contributed by atoms with E-state index in [1.165, 1.54) is 119 Å². The summed E-state index contributed by atoms with van der Waals surface area (Å²) in [6, 6.07) is 123. The van der Waals surface area contributed by atoms with Crippen LogP contribution < -0.4 is 0 Å². The van der Waals surface area contributed by atoms with Crippen LogP contribution in [-0.4, -0.2) is 33.6 Å². The Labute approximate surface area is 580 Å². The number of fused-ring (bicyclic) bond motifs is 12. The Kier molecular flexibility index (Phi) is 14.3. The molecule has 8 heteroatoms. The predicted octanol–water partition coefficient (Wildman–Crippen LogP) is 24.3. The van der Waals surface area contributed by atoms with Gasteiger partial charge in [0, 0.05) is 81.7 Å². The monoisotopic (exact) mass is 1290 g/mol. The molecular weight excluding hydrogens is 1240 g/mol. The van der Waals surface area contributed by atoms with E-state index in [9.17, 15) is 0 Å². The van der Waals surface area contributed by atoms with Gasteiger partial charge in [-0.2, -0.15) is 0 Å². The summed E-state index contributed by atoms with van der Waals surface area (Å²) in [5, 5.41) is 9.81. The molecule has 6 heterocycles. The van der Waals surface area contributed by atoms with Gasteiger partial charge >= 0.3 is 0 Å². The van der Waals surface area contributed by atoms with Crippen molar-refractivity contribution >= 4 is 96.9 Å². The first kappa shape index (κ1) is 58.2. The topological polar surface area (TPSA) is 66.3 Å². The summed E-state index contributed by atoms with van der Waals surface area (Å²) in [5.41, 5.74) is 23.7. The molecule has 468 valence electrons. The number of hydrogen-bond acceptors (Lipinski definition) is 5. The van der Waals surface area contributed by atoms with Crippen molar-refractivity contribution in [3.05, 3.63) is 358 Å². The molecule has 0 amide bonds. The molecular formula is C92H59N7S. The molecule has 0 aliphatic heterocycles. The lowest BCUT2D eigenvalue weighted by molar-refractivity contribution is 0.992. The molecule has 0 saturated heterocycles. The van der Waals surface area contributed by atoms with E-state index >= 15 is 0 Å². The smallest absolute Gasteiger partial charge is 0.235 e. The van der Waals surface area contributed by atoms with Crippen molar-refractivity contribution in [2.75, 3.05) is 0 Å². The second-order valence-electron chi connectivity index (χ2n) is 25.3. The first-order valence-corrected chi connectivity index (χ1v) is 34.6. The van der Waals surface area contributed by atoms with Gasteiger partial charge in [0.2, 0.25) is 11.9 Å². The molecule has 20 rings (SSSR count). The van der Waals surface area contributed by atoms with Crippen molar-refractivity contribution in [2.24, 2.45) is 0 Å². The SMILES string of the molecule is c1ccc(-c2ccc(-c3ccnc(-n4c5ccccc5c5cc(-c6ccc7c(c6)c6ccccc6n7-c6ccccc6)ccc54)n3)cc2)cc1.c1ccc(-c2cccc(-c3ccc(-c4ccnc(-n5c6ccccc6c6ccc(-c7cccc8c7sc7ccccc78)cc65)n4)cc3)c2)cc1. The van der Waals surface area contributed by atoms with Gasteiger partial charge in [0.05, 0.1) is 44.5 Å². The Morgan fingerprint density at radius 2 is 0.600 bits per heavy atom. The van der Waals surface area contributed by atoms with Crippen molar-refractivity contribution in [3.63, 3.8) is 0 Å². The minimum atomic E-state index is 0.656. The lowest BCUT2D eigenvalue weighted by Crippen LogP contribution is -2.01. The number of benzene rings is 14. The van der Waals surface area contributed by atoms with Gasteiger partial charge in [-0.3, -0.25) is 9.13 Å². The van der Waals surface area contributed by atoms with Crippen LogP contribution in [0.5, 0.6) is 0 Å². The summed E-state index contributed by atoms with van der Waals surface area (Å²) in [5.74, 6) is 1.31. The Morgan fingerprint density at radius 3 is 1.19 bits per heavy atom. The van der Waals surface area contributed by atoms with Crippen LogP contribution in [0.4, 0.5) is 0 Å². The normalized spacial score (nSPS) is 11.6. The molecule has 14 aromatic carbocycles. The Morgan fingerprint density at radius 1 is 0.220 bits per heavy atom. The zero-order chi connectivity index (χ0) is 66.0. The van der Waals surface area contributed by atoms with Gasteiger partial charge in [-0.15, -0.1) is 11.3 Å². The van der Waals surface area contributed by atoms with Crippen LogP contribution >= 0.6 is 11.3 Å². The highest BCUT2D eigenvalue weighted by Gasteiger charge is 2.21. The zero-order valence-corrected chi connectivity index (χ0v) is 54.9. The van der Waals surface area contributed by atoms with Crippen LogP contribution in [0.1, 0.15) is 0 Å². The molecule has 0 aliphatic carbocycles. The summed E-state index contributed by atoms with van der Waals surface area (Å²) in [4.78, 5) is 19.9. The predicted molar refractivity (Wildman–Crippen MR) is 418 cm³/mol. The first-order valence-electron chi connectivity index (χ1n) is 33.7. The quantitative estimate of drug-likeness (QED) is 0.137. The van der Waals surface area contributed by atoms with Crippen molar-refractivity contribution in [3.8, 4) is 95.7 Å². The molecule has 0 radical (unpaired) electrons. The van der Waals surface area contributed by atoms with Crippen LogP contribution in [0.15, 0.2) is 358 Å². The van der Waals surface area contributed by atoms with Gasteiger partial charge in [-0.05, 0) is 141 Å². The molecule has 0 bridgehead atoms. The van der Waals surface area contributed by atoms with Gasteiger partial charge in [-0.25, -0.2) is 19.9 Å². The number of rotatable bonds is 10. The Balaban J connectivity index is 0.000000139. The van der Waals surface area contributed by atoms with Gasteiger partial charge in [-0.1, -0.05) is 261 Å².